The third-order valence-electron chi connectivity index (χ3n) is 9.37. The first-order valence-electron chi connectivity index (χ1n) is 13.8. The SMILES string of the molecule is CNc1c2c(c(O)c3cc(CN4CCC4)ccc13)C(O)=C1C(=O)[C@]3(O)C(O)=C(C(N)=O)C(=O)[C@@H](N(C)C)[C@@H]3C[C@@H]1C2. The number of anilines is 1. The van der Waals surface area contributed by atoms with Gasteiger partial charge in [0, 0.05) is 41.5 Å². The predicted octanol–water partition coefficient (Wildman–Crippen LogP) is 1.36. The number of primary amides is 1. The monoisotopic (exact) mass is 562 g/mol. The molecule has 1 saturated carbocycles. The number of carbonyl (C=O) groups is 3. The van der Waals surface area contributed by atoms with Crippen LogP contribution in [-0.2, 0) is 27.3 Å². The van der Waals surface area contributed by atoms with Gasteiger partial charge >= 0.3 is 0 Å². The number of aliphatic hydroxyl groups excluding tert-OH is 2. The molecule has 2 aromatic carbocycles. The molecular weight excluding hydrogens is 528 g/mol. The van der Waals surface area contributed by atoms with Crippen LogP contribution in [0.2, 0.25) is 0 Å². The van der Waals surface area contributed by atoms with Crippen molar-refractivity contribution in [2.75, 3.05) is 39.5 Å². The number of likely N-dealkylation sites (N-methyl/N-ethyl adjacent to an activating group) is 1. The number of benzene rings is 2. The molecule has 1 aliphatic heterocycles. The minimum absolute atomic E-state index is 0.0441. The number of phenolic OH excluding ortho intramolecular Hbond substituents is 1. The van der Waals surface area contributed by atoms with Crippen molar-refractivity contribution in [1.29, 1.82) is 0 Å². The van der Waals surface area contributed by atoms with Crippen LogP contribution < -0.4 is 11.1 Å². The smallest absolute Gasteiger partial charge is 0.255 e. The number of phenols is 1. The van der Waals surface area contributed by atoms with Gasteiger partial charge in [-0.05, 0) is 69.6 Å². The van der Waals surface area contributed by atoms with E-state index in [0.29, 0.717) is 16.6 Å². The fraction of sp³-hybridized carbons (Fsp3) is 0.433. The quantitative estimate of drug-likeness (QED) is 0.230. The molecule has 2 fully saturated rings. The summed E-state index contributed by atoms with van der Waals surface area (Å²) < 4.78 is 0. The average molecular weight is 563 g/mol. The maximum Gasteiger partial charge on any atom is 0.255 e. The number of amides is 1. The Kier molecular flexibility index (Phi) is 6.18. The Morgan fingerprint density at radius 2 is 1.88 bits per heavy atom. The molecule has 0 bridgehead atoms. The van der Waals surface area contributed by atoms with E-state index in [4.69, 9.17) is 5.73 Å². The van der Waals surface area contributed by atoms with Gasteiger partial charge in [0.15, 0.2) is 11.4 Å². The highest BCUT2D eigenvalue weighted by Gasteiger charge is 2.64. The van der Waals surface area contributed by atoms with Crippen LogP contribution in [0, 0.1) is 11.8 Å². The summed E-state index contributed by atoms with van der Waals surface area (Å²) in [6.45, 7) is 2.74. The molecule has 4 atom stereocenters. The Hall–Kier alpha value is -3.93. The number of aromatic hydroxyl groups is 1. The molecule has 11 nitrogen and oxygen atoms in total. The van der Waals surface area contributed by atoms with E-state index in [0.717, 1.165) is 37.0 Å². The van der Waals surface area contributed by atoms with Crippen LogP contribution in [0.15, 0.2) is 35.1 Å². The Morgan fingerprint density at radius 1 is 1.17 bits per heavy atom. The van der Waals surface area contributed by atoms with Gasteiger partial charge in [-0.1, -0.05) is 12.1 Å². The number of ketones is 2. The van der Waals surface area contributed by atoms with Crippen molar-refractivity contribution < 1.29 is 34.8 Å². The first kappa shape index (κ1) is 27.3. The molecule has 0 radical (unpaired) electrons. The predicted molar refractivity (Wildman–Crippen MR) is 151 cm³/mol. The fourth-order valence-electron chi connectivity index (χ4n) is 7.34. The van der Waals surface area contributed by atoms with E-state index in [1.165, 1.54) is 4.90 Å². The van der Waals surface area contributed by atoms with Gasteiger partial charge in [0.05, 0.1) is 11.6 Å². The second-order valence-electron chi connectivity index (χ2n) is 11.8. The third kappa shape index (κ3) is 3.65. The topological polar surface area (TPSA) is 177 Å². The van der Waals surface area contributed by atoms with E-state index in [1.54, 1.807) is 21.1 Å². The zero-order chi connectivity index (χ0) is 29.5. The molecule has 3 aliphatic carbocycles. The first-order valence-corrected chi connectivity index (χ1v) is 13.8. The van der Waals surface area contributed by atoms with Gasteiger partial charge in [-0.2, -0.15) is 0 Å². The van der Waals surface area contributed by atoms with Gasteiger partial charge in [0.1, 0.15) is 22.8 Å². The lowest BCUT2D eigenvalue weighted by Crippen LogP contribution is -2.65. The Bertz CT molecular complexity index is 1610. The largest absolute Gasteiger partial charge is 0.508 e. The number of nitrogens with one attached hydrogen (secondary N) is 1. The summed E-state index contributed by atoms with van der Waals surface area (Å²) in [6, 6.07) is 4.71. The number of fused-ring (bicyclic) bond motifs is 4. The maximum absolute atomic E-state index is 14.1. The molecule has 0 unspecified atom stereocenters. The molecule has 0 spiro atoms. The highest BCUT2D eigenvalue weighted by molar-refractivity contribution is 6.24. The fourth-order valence-corrected chi connectivity index (χ4v) is 7.34. The number of nitrogens with zero attached hydrogens (tertiary/aromatic N) is 2. The number of likely N-dealkylation sites (tertiary alicyclic amines) is 1. The number of carbonyl (C=O) groups excluding carboxylic acids is 3. The standard InChI is InChI=1S/C30H34N4O7/c1-32-22-15-6-5-13(12-34-7-4-8-34)9-16(15)24(35)20-17(22)10-14-11-18-23(33(2)3)26(37)21(29(31)40)28(39)30(18,41)27(38)19(14)25(20)36/h5-6,9,14,18,23,32,35-36,39,41H,4,7-8,10-12H2,1-3H3,(H2,31,40)/t14-,18-,23-,30-/m0/s1. The van der Waals surface area contributed by atoms with E-state index >= 15 is 0 Å². The van der Waals surface area contributed by atoms with Crippen molar-refractivity contribution >= 4 is 39.7 Å². The highest BCUT2D eigenvalue weighted by Crippen LogP contribution is 2.54. The van der Waals surface area contributed by atoms with Gasteiger partial charge in [-0.25, -0.2) is 0 Å². The number of hydrogen-bond acceptors (Lipinski definition) is 10. The van der Waals surface area contributed by atoms with Crippen molar-refractivity contribution in [3.05, 3.63) is 51.8 Å². The molecule has 11 heteroatoms. The molecule has 6 rings (SSSR count). The van der Waals surface area contributed by atoms with Crippen molar-refractivity contribution in [2.24, 2.45) is 17.6 Å². The normalized spacial score (nSPS) is 28.0. The van der Waals surface area contributed by atoms with Crippen molar-refractivity contribution in [2.45, 2.75) is 37.5 Å². The Balaban J connectivity index is 1.55. The molecule has 1 saturated heterocycles. The van der Waals surface area contributed by atoms with E-state index in [9.17, 15) is 34.8 Å². The van der Waals surface area contributed by atoms with E-state index in [2.05, 4.69) is 10.2 Å². The van der Waals surface area contributed by atoms with Crippen LogP contribution in [0.4, 0.5) is 5.69 Å². The zero-order valence-corrected chi connectivity index (χ0v) is 23.2. The van der Waals surface area contributed by atoms with Gasteiger partial charge < -0.3 is 31.5 Å². The molecule has 216 valence electrons. The van der Waals surface area contributed by atoms with Crippen LogP contribution in [-0.4, -0.2) is 93.6 Å². The van der Waals surface area contributed by atoms with Gasteiger partial charge in [-0.15, -0.1) is 0 Å². The molecule has 7 N–H and O–H groups in total. The van der Waals surface area contributed by atoms with Crippen molar-refractivity contribution in [1.82, 2.24) is 9.80 Å². The number of Topliss-reactive ketones (excluding diaryl/α,β-unsaturated/α-hetero) is 2. The summed E-state index contributed by atoms with van der Waals surface area (Å²) in [5.41, 5.74) is 4.14. The van der Waals surface area contributed by atoms with Gasteiger partial charge in [-0.3, -0.25) is 24.2 Å². The summed E-state index contributed by atoms with van der Waals surface area (Å²) in [6.07, 6.45) is 1.42. The van der Waals surface area contributed by atoms with Crippen LogP contribution in [0.3, 0.4) is 0 Å². The number of aliphatic hydroxyl groups is 3. The minimum atomic E-state index is -2.66. The van der Waals surface area contributed by atoms with Crippen molar-refractivity contribution in [3.8, 4) is 5.75 Å². The third-order valence-corrected chi connectivity index (χ3v) is 9.37. The molecule has 1 amide bonds. The second-order valence-corrected chi connectivity index (χ2v) is 11.8. The first-order chi connectivity index (χ1) is 19.4. The number of hydrogen-bond donors (Lipinski definition) is 6. The summed E-state index contributed by atoms with van der Waals surface area (Å²) >= 11 is 0. The Morgan fingerprint density at radius 3 is 2.46 bits per heavy atom. The van der Waals surface area contributed by atoms with Crippen LogP contribution in [0.5, 0.6) is 5.75 Å². The molecule has 4 aliphatic rings. The molecule has 41 heavy (non-hydrogen) atoms. The van der Waals surface area contributed by atoms with Crippen LogP contribution in [0.25, 0.3) is 16.5 Å². The molecular formula is C30H34N4O7. The van der Waals surface area contributed by atoms with E-state index in [-0.39, 0.29) is 29.7 Å². The summed E-state index contributed by atoms with van der Waals surface area (Å²) in [4.78, 5) is 43.3. The second kappa shape index (κ2) is 9.30. The number of rotatable bonds is 5. The van der Waals surface area contributed by atoms with E-state index in [1.807, 2.05) is 18.2 Å². The number of nitrogens with two attached hydrogens (primary N) is 1. The summed E-state index contributed by atoms with van der Waals surface area (Å²) in [5, 5.41) is 50.4. The maximum atomic E-state index is 14.1. The summed E-state index contributed by atoms with van der Waals surface area (Å²) in [5.74, 6) is -6.57. The van der Waals surface area contributed by atoms with Crippen molar-refractivity contribution in [3.63, 3.8) is 0 Å². The minimum Gasteiger partial charge on any atom is -0.508 e. The van der Waals surface area contributed by atoms with Gasteiger partial charge in [0.2, 0.25) is 5.78 Å². The lowest BCUT2D eigenvalue weighted by molar-refractivity contribution is -0.153. The Labute approximate surface area is 236 Å². The molecule has 1 heterocycles. The molecule has 0 aromatic heterocycles. The lowest BCUT2D eigenvalue weighted by Gasteiger charge is -2.50. The van der Waals surface area contributed by atoms with Crippen LogP contribution >= 0.6 is 0 Å². The highest BCUT2D eigenvalue weighted by atomic mass is 16.3. The summed E-state index contributed by atoms with van der Waals surface area (Å²) in [7, 11) is 4.90. The molecule has 2 aromatic rings. The van der Waals surface area contributed by atoms with E-state index < -0.39 is 58.0 Å². The average Bonchev–Trinajstić information content (AvgIpc) is 2.88. The lowest BCUT2D eigenvalue weighted by atomic mass is 9.57. The van der Waals surface area contributed by atoms with Crippen LogP contribution in [0.1, 0.15) is 29.5 Å². The van der Waals surface area contributed by atoms with Gasteiger partial charge in [0.25, 0.3) is 5.91 Å². The zero-order valence-electron chi connectivity index (χ0n) is 23.2.